The molecule has 0 N–H and O–H groups in total. The fourth-order valence-electron chi connectivity index (χ4n) is 2.83. The number of nitrogens with zero attached hydrogens (tertiary/aromatic N) is 4. The van der Waals surface area contributed by atoms with E-state index in [0.29, 0.717) is 27.0 Å². The second-order valence-corrected chi connectivity index (χ2v) is 7.48. The summed E-state index contributed by atoms with van der Waals surface area (Å²) in [6.45, 7) is 0. The van der Waals surface area contributed by atoms with E-state index in [4.69, 9.17) is 11.6 Å². The van der Waals surface area contributed by atoms with Gasteiger partial charge in [0, 0.05) is 12.3 Å². The molecule has 3 aromatic rings. The van der Waals surface area contributed by atoms with Gasteiger partial charge in [-0.1, -0.05) is 41.9 Å². The van der Waals surface area contributed by atoms with Crippen LogP contribution in [-0.2, 0) is 4.79 Å². The number of nitro groups is 1. The SMILES string of the molecule is O=C1/C(=C/c2ccccc2[N+](=O)[O-])SC(=Nc2cccnc2Cl)N1c1ccccc1. The normalized spacial score (nSPS) is 16.4. The van der Waals surface area contributed by atoms with Crippen LogP contribution < -0.4 is 4.90 Å². The van der Waals surface area contributed by atoms with Gasteiger partial charge in [0.05, 0.1) is 21.1 Å². The standard InChI is InChI=1S/C21H13ClN4O3S/c22-19-16(10-6-12-23-19)24-21-25(15-8-2-1-3-9-15)20(27)18(30-21)13-14-7-4-5-11-17(14)26(28)29/h1-13H/b18-13-,24-21?. The Balaban J connectivity index is 1.82. The summed E-state index contributed by atoms with van der Waals surface area (Å²) in [5, 5.41) is 11.9. The lowest BCUT2D eigenvalue weighted by atomic mass is 10.1. The monoisotopic (exact) mass is 436 g/mol. The van der Waals surface area contributed by atoms with Crippen molar-refractivity contribution < 1.29 is 9.72 Å². The number of pyridine rings is 1. The molecule has 2 aromatic carbocycles. The van der Waals surface area contributed by atoms with Crippen LogP contribution in [0.3, 0.4) is 0 Å². The van der Waals surface area contributed by atoms with E-state index in [1.54, 1.807) is 48.7 Å². The van der Waals surface area contributed by atoms with Crippen LogP contribution in [0.4, 0.5) is 17.1 Å². The van der Waals surface area contributed by atoms with Crippen LogP contribution in [0.2, 0.25) is 5.15 Å². The minimum atomic E-state index is -0.476. The van der Waals surface area contributed by atoms with Crippen LogP contribution in [0.15, 0.2) is 82.8 Å². The molecule has 9 heteroatoms. The summed E-state index contributed by atoms with van der Waals surface area (Å²) in [5.74, 6) is -0.330. The second-order valence-electron chi connectivity index (χ2n) is 6.11. The molecule has 30 heavy (non-hydrogen) atoms. The van der Waals surface area contributed by atoms with Gasteiger partial charge in [0.1, 0.15) is 5.69 Å². The summed E-state index contributed by atoms with van der Waals surface area (Å²) >= 11 is 7.25. The Morgan fingerprint density at radius 2 is 1.80 bits per heavy atom. The van der Waals surface area contributed by atoms with E-state index in [9.17, 15) is 14.9 Å². The van der Waals surface area contributed by atoms with Gasteiger partial charge in [0.25, 0.3) is 11.6 Å². The van der Waals surface area contributed by atoms with Gasteiger partial charge >= 0.3 is 0 Å². The first-order valence-electron chi connectivity index (χ1n) is 8.76. The molecule has 4 rings (SSSR count). The number of amidine groups is 1. The van der Waals surface area contributed by atoms with Crippen molar-refractivity contribution in [3.8, 4) is 0 Å². The van der Waals surface area contributed by atoms with Crippen molar-refractivity contribution in [2.24, 2.45) is 4.99 Å². The first kappa shape index (κ1) is 19.8. The van der Waals surface area contributed by atoms with E-state index in [1.165, 1.54) is 17.0 Å². The van der Waals surface area contributed by atoms with Crippen molar-refractivity contribution in [3.63, 3.8) is 0 Å². The summed E-state index contributed by atoms with van der Waals surface area (Å²) in [6, 6.07) is 18.7. The van der Waals surface area contributed by atoms with Crippen LogP contribution in [-0.4, -0.2) is 21.0 Å². The molecular weight excluding hydrogens is 424 g/mol. The van der Waals surface area contributed by atoms with Crippen molar-refractivity contribution in [2.75, 3.05) is 4.90 Å². The van der Waals surface area contributed by atoms with E-state index in [-0.39, 0.29) is 16.7 Å². The van der Waals surface area contributed by atoms with Gasteiger partial charge in [0.15, 0.2) is 10.3 Å². The van der Waals surface area contributed by atoms with Crippen LogP contribution >= 0.6 is 23.4 Å². The summed E-state index contributed by atoms with van der Waals surface area (Å²) in [7, 11) is 0. The number of nitro benzene ring substituents is 1. The highest BCUT2D eigenvalue weighted by atomic mass is 35.5. The predicted octanol–water partition coefficient (Wildman–Crippen LogP) is 5.45. The minimum Gasteiger partial charge on any atom is -0.268 e. The van der Waals surface area contributed by atoms with Crippen molar-refractivity contribution in [2.45, 2.75) is 0 Å². The summed E-state index contributed by atoms with van der Waals surface area (Å²) in [4.78, 5) is 34.4. The van der Waals surface area contributed by atoms with Crippen molar-refractivity contribution in [1.29, 1.82) is 0 Å². The average molecular weight is 437 g/mol. The molecule has 0 spiro atoms. The zero-order valence-electron chi connectivity index (χ0n) is 15.3. The lowest BCUT2D eigenvalue weighted by molar-refractivity contribution is -0.385. The number of carbonyl (C=O) groups is 1. The maximum atomic E-state index is 13.2. The van der Waals surface area contributed by atoms with Crippen LogP contribution in [0, 0.1) is 10.1 Å². The zero-order chi connectivity index (χ0) is 21.1. The number of hydrogen-bond acceptors (Lipinski definition) is 6. The van der Waals surface area contributed by atoms with E-state index in [2.05, 4.69) is 9.98 Å². The number of para-hydroxylation sites is 2. The molecule has 0 bridgehead atoms. The first-order chi connectivity index (χ1) is 14.5. The fraction of sp³-hybridized carbons (Fsp3) is 0. The van der Waals surface area contributed by atoms with Crippen LogP contribution in [0.25, 0.3) is 6.08 Å². The number of hydrogen-bond donors (Lipinski definition) is 0. The molecule has 1 saturated heterocycles. The van der Waals surface area contributed by atoms with Gasteiger partial charge in [0.2, 0.25) is 0 Å². The number of benzene rings is 2. The molecule has 1 aliphatic rings. The Hall–Kier alpha value is -3.49. The zero-order valence-corrected chi connectivity index (χ0v) is 16.9. The van der Waals surface area contributed by atoms with Gasteiger partial charge in [-0.3, -0.25) is 19.8 Å². The Kier molecular flexibility index (Phi) is 5.60. The lowest BCUT2D eigenvalue weighted by Gasteiger charge is -2.15. The molecule has 1 amide bonds. The number of carbonyl (C=O) groups excluding carboxylic acids is 1. The lowest BCUT2D eigenvalue weighted by Crippen LogP contribution is -2.28. The Labute approximate surface area is 180 Å². The van der Waals surface area contributed by atoms with Gasteiger partial charge in [-0.25, -0.2) is 9.98 Å². The molecule has 0 saturated carbocycles. The topological polar surface area (TPSA) is 88.7 Å². The summed E-state index contributed by atoms with van der Waals surface area (Å²) in [5.41, 5.74) is 1.31. The maximum absolute atomic E-state index is 13.2. The van der Waals surface area contributed by atoms with Crippen molar-refractivity contribution >= 4 is 57.6 Å². The molecule has 0 unspecified atom stereocenters. The molecule has 1 aromatic heterocycles. The minimum absolute atomic E-state index is 0.0784. The van der Waals surface area contributed by atoms with Gasteiger partial charge in [-0.15, -0.1) is 0 Å². The Morgan fingerprint density at radius 3 is 2.53 bits per heavy atom. The quantitative estimate of drug-likeness (QED) is 0.235. The third-order valence-electron chi connectivity index (χ3n) is 4.20. The van der Waals surface area contributed by atoms with E-state index in [0.717, 1.165) is 11.8 Å². The number of aliphatic imine (C=N–C) groups is 1. The highest BCUT2D eigenvalue weighted by Gasteiger charge is 2.35. The third kappa shape index (κ3) is 3.96. The van der Waals surface area contributed by atoms with E-state index >= 15 is 0 Å². The van der Waals surface area contributed by atoms with E-state index < -0.39 is 4.92 Å². The van der Waals surface area contributed by atoms with Crippen molar-refractivity contribution in [1.82, 2.24) is 4.98 Å². The van der Waals surface area contributed by atoms with Crippen molar-refractivity contribution in [3.05, 3.63) is 98.7 Å². The third-order valence-corrected chi connectivity index (χ3v) is 5.46. The van der Waals surface area contributed by atoms with E-state index in [1.807, 2.05) is 18.2 Å². The van der Waals surface area contributed by atoms with Crippen LogP contribution in [0.5, 0.6) is 0 Å². The number of aromatic nitrogens is 1. The van der Waals surface area contributed by atoms with Crippen LogP contribution in [0.1, 0.15) is 5.56 Å². The number of anilines is 1. The molecule has 7 nitrogen and oxygen atoms in total. The number of amides is 1. The summed E-state index contributed by atoms with van der Waals surface area (Å²) in [6.07, 6.45) is 3.06. The molecule has 0 aliphatic carbocycles. The molecule has 1 fully saturated rings. The average Bonchev–Trinajstić information content (AvgIpc) is 3.05. The summed E-state index contributed by atoms with van der Waals surface area (Å²) < 4.78 is 0. The van der Waals surface area contributed by atoms with Gasteiger partial charge < -0.3 is 0 Å². The Morgan fingerprint density at radius 1 is 1.07 bits per heavy atom. The number of halogens is 1. The molecule has 2 heterocycles. The predicted molar refractivity (Wildman–Crippen MR) is 119 cm³/mol. The molecule has 0 radical (unpaired) electrons. The van der Waals surface area contributed by atoms with Gasteiger partial charge in [-0.05, 0) is 48.2 Å². The molecular formula is C21H13ClN4O3S. The highest BCUT2D eigenvalue weighted by Crippen LogP contribution is 2.38. The second kappa shape index (κ2) is 8.48. The molecule has 0 atom stereocenters. The largest absolute Gasteiger partial charge is 0.276 e. The molecule has 1 aliphatic heterocycles. The number of rotatable bonds is 4. The van der Waals surface area contributed by atoms with Gasteiger partial charge in [-0.2, -0.15) is 0 Å². The first-order valence-corrected chi connectivity index (χ1v) is 9.96. The smallest absolute Gasteiger partial charge is 0.268 e. The highest BCUT2D eigenvalue weighted by molar-refractivity contribution is 8.19. The maximum Gasteiger partial charge on any atom is 0.276 e. The Bertz CT molecular complexity index is 1200. The fourth-order valence-corrected chi connectivity index (χ4v) is 3.98. The number of thioether (sulfide) groups is 1. The molecule has 148 valence electrons.